The van der Waals surface area contributed by atoms with Crippen LogP contribution in [-0.4, -0.2) is 6.04 Å². The third kappa shape index (κ3) is 3.79. The van der Waals surface area contributed by atoms with Crippen molar-refractivity contribution in [3.8, 4) is 0 Å². The number of rotatable bonds is 7. The Bertz CT molecular complexity index is 166. The van der Waals surface area contributed by atoms with Crippen LogP contribution in [0.4, 0.5) is 0 Å². The van der Waals surface area contributed by atoms with Gasteiger partial charge in [0.1, 0.15) is 0 Å². The van der Waals surface area contributed by atoms with E-state index >= 15 is 0 Å². The van der Waals surface area contributed by atoms with Crippen molar-refractivity contribution < 1.29 is 0 Å². The molecule has 0 aromatic rings. The number of hydrogen-bond donors (Lipinski definition) is 1. The summed E-state index contributed by atoms with van der Waals surface area (Å²) in [6.07, 6.45) is 6.02. The smallest absolute Gasteiger partial charge is 0.00978 e. The highest BCUT2D eigenvalue weighted by Crippen LogP contribution is 2.38. The maximum Gasteiger partial charge on any atom is 0.00978 e. The molecule has 1 atom stereocenters. The summed E-state index contributed by atoms with van der Waals surface area (Å²) >= 11 is 0. The summed E-state index contributed by atoms with van der Waals surface area (Å²) in [5.74, 6) is 0. The quantitative estimate of drug-likeness (QED) is 0.668. The molecule has 0 saturated heterocycles. The van der Waals surface area contributed by atoms with Gasteiger partial charge in [0.25, 0.3) is 0 Å². The molecule has 0 aliphatic carbocycles. The monoisotopic (exact) mass is 213 g/mol. The van der Waals surface area contributed by atoms with Crippen molar-refractivity contribution in [2.45, 2.75) is 79.7 Å². The lowest BCUT2D eigenvalue weighted by Crippen LogP contribution is -2.42. The van der Waals surface area contributed by atoms with Crippen LogP contribution in [0.25, 0.3) is 0 Å². The molecule has 0 bridgehead atoms. The van der Waals surface area contributed by atoms with Gasteiger partial charge in [-0.25, -0.2) is 0 Å². The third-order valence-electron chi connectivity index (χ3n) is 4.93. The van der Waals surface area contributed by atoms with Gasteiger partial charge in [-0.1, -0.05) is 54.4 Å². The van der Waals surface area contributed by atoms with Crippen molar-refractivity contribution in [3.05, 3.63) is 0 Å². The predicted octanol–water partition coefficient (Wildman–Crippen LogP) is 4.36. The van der Waals surface area contributed by atoms with Crippen LogP contribution >= 0.6 is 0 Å². The van der Waals surface area contributed by atoms with E-state index in [4.69, 9.17) is 5.73 Å². The maximum atomic E-state index is 6.41. The van der Waals surface area contributed by atoms with E-state index in [-0.39, 0.29) is 0 Å². The number of nitrogens with two attached hydrogens (primary N) is 1. The molecular weight excluding hydrogens is 182 g/mol. The van der Waals surface area contributed by atoms with E-state index < -0.39 is 0 Å². The van der Waals surface area contributed by atoms with Gasteiger partial charge in [0.2, 0.25) is 0 Å². The van der Waals surface area contributed by atoms with Gasteiger partial charge in [-0.05, 0) is 30.1 Å². The van der Waals surface area contributed by atoms with Gasteiger partial charge in [0, 0.05) is 6.04 Å². The molecule has 15 heavy (non-hydrogen) atoms. The largest absolute Gasteiger partial charge is 0.327 e. The van der Waals surface area contributed by atoms with Crippen molar-refractivity contribution >= 4 is 0 Å². The fourth-order valence-electron chi connectivity index (χ4n) is 2.09. The Kier molecular flexibility index (Phi) is 5.87. The van der Waals surface area contributed by atoms with Gasteiger partial charge < -0.3 is 5.73 Å². The Labute approximate surface area is 96.8 Å². The van der Waals surface area contributed by atoms with Crippen LogP contribution in [0.1, 0.15) is 73.6 Å². The Morgan fingerprint density at radius 1 is 0.867 bits per heavy atom. The molecule has 0 radical (unpaired) electrons. The molecule has 1 heteroatoms. The van der Waals surface area contributed by atoms with Gasteiger partial charge in [-0.15, -0.1) is 0 Å². The summed E-state index contributed by atoms with van der Waals surface area (Å²) in [5, 5.41) is 0. The minimum Gasteiger partial charge on any atom is -0.327 e. The molecule has 0 aliphatic heterocycles. The molecule has 0 aliphatic rings. The maximum absolute atomic E-state index is 6.41. The SMILES string of the molecule is CCC(C)(CC)CC(N)C(C)(CC)CC. The van der Waals surface area contributed by atoms with Crippen molar-refractivity contribution in [1.29, 1.82) is 0 Å². The normalized spacial score (nSPS) is 15.4. The molecule has 0 fully saturated rings. The fourth-order valence-corrected chi connectivity index (χ4v) is 2.09. The lowest BCUT2D eigenvalue weighted by molar-refractivity contribution is 0.152. The molecule has 0 amide bonds. The van der Waals surface area contributed by atoms with E-state index in [0.29, 0.717) is 16.9 Å². The van der Waals surface area contributed by atoms with Crippen LogP contribution in [0.5, 0.6) is 0 Å². The first-order valence-electron chi connectivity index (χ1n) is 6.63. The lowest BCUT2D eigenvalue weighted by Gasteiger charge is -2.39. The second kappa shape index (κ2) is 5.89. The Morgan fingerprint density at radius 2 is 1.27 bits per heavy atom. The first-order valence-corrected chi connectivity index (χ1v) is 6.63. The summed E-state index contributed by atoms with van der Waals surface area (Å²) in [5.41, 5.74) is 7.17. The van der Waals surface area contributed by atoms with Crippen LogP contribution in [-0.2, 0) is 0 Å². The summed E-state index contributed by atoms with van der Waals surface area (Å²) in [4.78, 5) is 0. The molecule has 0 heterocycles. The summed E-state index contributed by atoms with van der Waals surface area (Å²) in [6.45, 7) is 13.8. The highest BCUT2D eigenvalue weighted by atomic mass is 14.7. The molecule has 0 rings (SSSR count). The van der Waals surface area contributed by atoms with E-state index in [9.17, 15) is 0 Å². The summed E-state index contributed by atoms with van der Waals surface area (Å²) in [7, 11) is 0. The van der Waals surface area contributed by atoms with Crippen LogP contribution in [0, 0.1) is 10.8 Å². The molecule has 0 aromatic heterocycles. The molecule has 0 saturated carbocycles. The zero-order valence-corrected chi connectivity index (χ0v) is 11.7. The molecule has 2 N–H and O–H groups in total. The standard InChI is InChI=1S/C14H31N/c1-7-13(5,8-2)11-12(15)14(6,9-3)10-4/h12H,7-11,15H2,1-6H3. The Balaban J connectivity index is 4.52. The van der Waals surface area contributed by atoms with Crippen LogP contribution in [0.15, 0.2) is 0 Å². The van der Waals surface area contributed by atoms with Gasteiger partial charge in [0.05, 0.1) is 0 Å². The lowest BCUT2D eigenvalue weighted by atomic mass is 9.69. The summed E-state index contributed by atoms with van der Waals surface area (Å²) in [6, 6.07) is 0.345. The average molecular weight is 213 g/mol. The first kappa shape index (κ1) is 15.0. The van der Waals surface area contributed by atoms with E-state index in [1.54, 1.807) is 0 Å². The molecule has 0 spiro atoms. The predicted molar refractivity (Wildman–Crippen MR) is 70.0 cm³/mol. The molecule has 92 valence electrons. The van der Waals surface area contributed by atoms with E-state index in [0.717, 1.165) is 6.42 Å². The van der Waals surface area contributed by atoms with Crippen molar-refractivity contribution in [3.63, 3.8) is 0 Å². The van der Waals surface area contributed by atoms with Crippen molar-refractivity contribution in [2.75, 3.05) is 0 Å². The molecule has 1 unspecified atom stereocenters. The van der Waals surface area contributed by atoms with Crippen LogP contribution in [0.2, 0.25) is 0 Å². The third-order valence-corrected chi connectivity index (χ3v) is 4.93. The van der Waals surface area contributed by atoms with E-state index in [1.165, 1.54) is 25.7 Å². The second-order valence-electron chi connectivity index (χ2n) is 5.69. The van der Waals surface area contributed by atoms with Crippen LogP contribution < -0.4 is 5.73 Å². The van der Waals surface area contributed by atoms with Crippen LogP contribution in [0.3, 0.4) is 0 Å². The average Bonchev–Trinajstić information content (AvgIpc) is 2.27. The summed E-state index contributed by atoms with van der Waals surface area (Å²) < 4.78 is 0. The Hall–Kier alpha value is -0.0400. The molecule has 1 nitrogen and oxygen atoms in total. The van der Waals surface area contributed by atoms with E-state index in [1.807, 2.05) is 0 Å². The minimum absolute atomic E-state index is 0.325. The zero-order chi connectivity index (χ0) is 12.1. The first-order chi connectivity index (χ1) is 6.87. The van der Waals surface area contributed by atoms with Crippen molar-refractivity contribution in [2.24, 2.45) is 16.6 Å². The van der Waals surface area contributed by atoms with Gasteiger partial charge >= 0.3 is 0 Å². The van der Waals surface area contributed by atoms with Gasteiger partial charge in [-0.3, -0.25) is 0 Å². The zero-order valence-electron chi connectivity index (χ0n) is 11.7. The van der Waals surface area contributed by atoms with Gasteiger partial charge in [-0.2, -0.15) is 0 Å². The van der Waals surface area contributed by atoms with Gasteiger partial charge in [0.15, 0.2) is 0 Å². The highest BCUT2D eigenvalue weighted by Gasteiger charge is 2.33. The second-order valence-corrected chi connectivity index (χ2v) is 5.69. The number of hydrogen-bond acceptors (Lipinski definition) is 1. The molecular formula is C14H31N. The topological polar surface area (TPSA) is 26.0 Å². The fraction of sp³-hybridized carbons (Fsp3) is 1.00. The minimum atomic E-state index is 0.325. The highest BCUT2D eigenvalue weighted by molar-refractivity contribution is 4.88. The van der Waals surface area contributed by atoms with Crippen molar-refractivity contribution in [1.82, 2.24) is 0 Å². The molecule has 0 aromatic carbocycles. The Morgan fingerprint density at radius 3 is 1.53 bits per heavy atom. The van der Waals surface area contributed by atoms with E-state index in [2.05, 4.69) is 41.5 Å².